The summed E-state index contributed by atoms with van der Waals surface area (Å²) in [6, 6.07) is 15.7. The van der Waals surface area contributed by atoms with Crippen LogP contribution in [0.1, 0.15) is 30.1 Å². The highest BCUT2D eigenvalue weighted by Crippen LogP contribution is 2.36. The number of nitrogens with zero attached hydrogens (tertiary/aromatic N) is 5. The van der Waals surface area contributed by atoms with Crippen molar-refractivity contribution in [3.8, 4) is 5.69 Å². The molecule has 1 aliphatic rings. The Balaban J connectivity index is 1.65. The smallest absolute Gasteiger partial charge is 0.240 e. The number of piperidine rings is 1. The van der Waals surface area contributed by atoms with Crippen LogP contribution in [0.15, 0.2) is 59.8 Å². The van der Waals surface area contributed by atoms with Gasteiger partial charge in [-0.15, -0.1) is 5.10 Å². The van der Waals surface area contributed by atoms with Crippen LogP contribution in [0.3, 0.4) is 0 Å². The van der Waals surface area contributed by atoms with Gasteiger partial charge in [0.05, 0.1) is 5.69 Å². The molecule has 0 unspecified atom stereocenters. The Labute approximate surface area is 166 Å². The summed E-state index contributed by atoms with van der Waals surface area (Å²) in [6.45, 7) is 1.55. The first-order valence-electron chi connectivity index (χ1n) is 9.27. The Hall–Kier alpha value is -2.74. The van der Waals surface area contributed by atoms with Crippen molar-refractivity contribution in [3.63, 3.8) is 0 Å². The van der Waals surface area contributed by atoms with Gasteiger partial charge in [0, 0.05) is 13.1 Å². The summed E-state index contributed by atoms with van der Waals surface area (Å²) in [4.78, 5) is 15.2. The van der Waals surface area contributed by atoms with Crippen molar-refractivity contribution in [1.82, 2.24) is 25.1 Å². The van der Waals surface area contributed by atoms with Gasteiger partial charge in [-0.3, -0.25) is 4.79 Å². The number of carbonyl (C=O) groups is 1. The van der Waals surface area contributed by atoms with E-state index in [1.165, 1.54) is 28.6 Å². The summed E-state index contributed by atoms with van der Waals surface area (Å²) < 4.78 is 15.1. The van der Waals surface area contributed by atoms with Crippen LogP contribution in [0.25, 0.3) is 5.69 Å². The van der Waals surface area contributed by atoms with E-state index in [1.54, 1.807) is 12.1 Å². The van der Waals surface area contributed by atoms with Crippen LogP contribution >= 0.6 is 11.8 Å². The van der Waals surface area contributed by atoms with E-state index in [4.69, 9.17) is 0 Å². The van der Waals surface area contributed by atoms with Crippen molar-refractivity contribution >= 4 is 17.7 Å². The summed E-state index contributed by atoms with van der Waals surface area (Å²) in [7, 11) is 0. The van der Waals surface area contributed by atoms with Crippen LogP contribution in [0.4, 0.5) is 4.39 Å². The molecule has 6 nitrogen and oxygen atoms in total. The monoisotopic (exact) mass is 397 g/mol. The summed E-state index contributed by atoms with van der Waals surface area (Å²) >= 11 is 1.29. The molecule has 1 aliphatic heterocycles. The quantitative estimate of drug-likeness (QED) is 0.615. The van der Waals surface area contributed by atoms with Gasteiger partial charge in [-0.2, -0.15) is 4.68 Å². The molecule has 2 heterocycles. The van der Waals surface area contributed by atoms with Crippen LogP contribution in [0, 0.1) is 5.82 Å². The number of hydrogen-bond donors (Lipinski definition) is 0. The lowest BCUT2D eigenvalue weighted by molar-refractivity contribution is -0.131. The second kappa shape index (κ2) is 8.52. The first-order chi connectivity index (χ1) is 13.7. The first kappa shape index (κ1) is 18.6. The molecule has 1 fully saturated rings. The molecule has 0 aliphatic carbocycles. The second-order valence-corrected chi connectivity index (χ2v) is 7.72. The summed E-state index contributed by atoms with van der Waals surface area (Å²) in [5.74, 6) is -0.308. The van der Waals surface area contributed by atoms with Crippen molar-refractivity contribution in [3.05, 3.63) is 66.0 Å². The van der Waals surface area contributed by atoms with Crippen LogP contribution in [0.2, 0.25) is 0 Å². The molecule has 4 rings (SSSR count). The SMILES string of the molecule is O=C([C@H](Sc1nnnn1-c1cccc(F)c1)c1ccccc1)N1CCCCC1. The van der Waals surface area contributed by atoms with Crippen LogP contribution < -0.4 is 0 Å². The van der Waals surface area contributed by atoms with Crippen molar-refractivity contribution in [2.75, 3.05) is 13.1 Å². The molecule has 2 aromatic carbocycles. The molecular weight excluding hydrogens is 377 g/mol. The fourth-order valence-corrected chi connectivity index (χ4v) is 4.38. The molecule has 1 amide bonds. The number of hydrogen-bond acceptors (Lipinski definition) is 5. The molecular formula is C20H20FN5OS. The first-order valence-corrected chi connectivity index (χ1v) is 10.1. The standard InChI is InChI=1S/C20H20FN5OS/c21-16-10-7-11-17(14-16)26-20(22-23-24-26)28-18(15-8-3-1-4-9-15)19(27)25-12-5-2-6-13-25/h1,3-4,7-11,14,18H,2,5-6,12-13H2/t18-/m1/s1. The molecule has 144 valence electrons. The Bertz CT molecular complexity index is 943. The molecule has 1 aromatic heterocycles. The van der Waals surface area contributed by atoms with E-state index in [0.717, 1.165) is 37.9 Å². The summed E-state index contributed by atoms with van der Waals surface area (Å²) in [5.41, 5.74) is 1.42. The number of thioether (sulfide) groups is 1. The number of carbonyl (C=O) groups excluding carboxylic acids is 1. The minimum atomic E-state index is -0.461. The lowest BCUT2D eigenvalue weighted by Crippen LogP contribution is -2.38. The number of halogens is 1. The average Bonchev–Trinajstić information content (AvgIpc) is 3.21. The van der Waals surface area contributed by atoms with E-state index in [9.17, 15) is 9.18 Å². The summed E-state index contributed by atoms with van der Waals surface area (Å²) in [6.07, 6.45) is 3.21. The van der Waals surface area contributed by atoms with Crippen molar-refractivity contribution in [1.29, 1.82) is 0 Å². The Kier molecular flexibility index (Phi) is 5.66. The van der Waals surface area contributed by atoms with E-state index < -0.39 is 5.25 Å². The van der Waals surface area contributed by atoms with E-state index in [1.807, 2.05) is 35.2 Å². The Morgan fingerprint density at radius 1 is 1.04 bits per heavy atom. The van der Waals surface area contributed by atoms with Crippen molar-refractivity contribution in [2.45, 2.75) is 29.7 Å². The topological polar surface area (TPSA) is 63.9 Å². The maximum atomic E-state index is 13.6. The van der Waals surface area contributed by atoms with Gasteiger partial charge in [-0.25, -0.2) is 4.39 Å². The Morgan fingerprint density at radius 3 is 2.57 bits per heavy atom. The fourth-order valence-electron chi connectivity index (χ4n) is 3.30. The minimum Gasteiger partial charge on any atom is -0.341 e. The zero-order chi connectivity index (χ0) is 19.3. The van der Waals surface area contributed by atoms with Crippen LogP contribution in [0.5, 0.6) is 0 Å². The van der Waals surface area contributed by atoms with E-state index in [-0.39, 0.29) is 11.7 Å². The number of rotatable bonds is 5. The molecule has 0 radical (unpaired) electrons. The van der Waals surface area contributed by atoms with E-state index in [0.29, 0.717) is 10.8 Å². The molecule has 0 spiro atoms. The minimum absolute atomic E-state index is 0.0599. The third-order valence-electron chi connectivity index (χ3n) is 4.71. The van der Waals surface area contributed by atoms with Gasteiger partial charge in [0.1, 0.15) is 11.1 Å². The third-order valence-corrected chi connectivity index (χ3v) is 5.89. The number of aromatic nitrogens is 4. The zero-order valence-corrected chi connectivity index (χ0v) is 16.1. The number of likely N-dealkylation sites (tertiary alicyclic amines) is 1. The van der Waals surface area contributed by atoms with Gasteiger partial charge >= 0.3 is 0 Å². The van der Waals surface area contributed by atoms with E-state index in [2.05, 4.69) is 15.5 Å². The highest BCUT2D eigenvalue weighted by atomic mass is 32.2. The van der Waals surface area contributed by atoms with Gasteiger partial charge in [0.25, 0.3) is 0 Å². The largest absolute Gasteiger partial charge is 0.341 e. The van der Waals surface area contributed by atoms with Gasteiger partial charge in [-0.1, -0.05) is 48.2 Å². The molecule has 3 aromatic rings. The van der Waals surface area contributed by atoms with E-state index >= 15 is 0 Å². The maximum absolute atomic E-state index is 13.6. The van der Waals surface area contributed by atoms with Crippen LogP contribution in [-0.4, -0.2) is 44.1 Å². The molecule has 0 bridgehead atoms. The highest BCUT2D eigenvalue weighted by Gasteiger charge is 2.30. The lowest BCUT2D eigenvalue weighted by atomic mass is 10.1. The third kappa shape index (κ3) is 4.06. The molecule has 1 atom stereocenters. The molecule has 8 heteroatoms. The lowest BCUT2D eigenvalue weighted by Gasteiger charge is -2.30. The number of tetrazole rings is 1. The normalized spacial score (nSPS) is 15.4. The number of amides is 1. The fraction of sp³-hybridized carbons (Fsp3) is 0.300. The predicted octanol–water partition coefficient (Wildman–Crippen LogP) is 3.65. The van der Waals surface area contributed by atoms with Crippen molar-refractivity contribution in [2.24, 2.45) is 0 Å². The van der Waals surface area contributed by atoms with Gasteiger partial charge < -0.3 is 4.90 Å². The van der Waals surface area contributed by atoms with Crippen molar-refractivity contribution < 1.29 is 9.18 Å². The summed E-state index contributed by atoms with van der Waals surface area (Å²) in [5, 5.41) is 11.8. The molecule has 28 heavy (non-hydrogen) atoms. The van der Waals surface area contributed by atoms with Gasteiger partial charge in [0.2, 0.25) is 11.1 Å². The maximum Gasteiger partial charge on any atom is 0.240 e. The molecule has 0 saturated carbocycles. The molecule has 0 N–H and O–H groups in total. The van der Waals surface area contributed by atoms with Gasteiger partial charge in [-0.05, 0) is 53.5 Å². The molecule has 1 saturated heterocycles. The predicted molar refractivity (Wildman–Crippen MR) is 105 cm³/mol. The highest BCUT2D eigenvalue weighted by molar-refractivity contribution is 8.00. The number of benzene rings is 2. The van der Waals surface area contributed by atoms with Crippen LogP contribution in [-0.2, 0) is 4.79 Å². The zero-order valence-electron chi connectivity index (χ0n) is 15.2. The average molecular weight is 397 g/mol. The second-order valence-electron chi connectivity index (χ2n) is 6.65. The van der Waals surface area contributed by atoms with Gasteiger partial charge in [0.15, 0.2) is 0 Å². The Morgan fingerprint density at radius 2 is 1.82 bits per heavy atom.